The average Bonchev–Trinajstić information content (AvgIpc) is 2.63. The number of hydrogen-bond donors (Lipinski definition) is 0. The second-order valence-electron chi connectivity index (χ2n) is 6.22. The standard InChI is InChI=1S/C22H28O3/c1-3-5-7-16-21(19-13-8-6-9-14-19)25-22(23)24-20-17-11-10-15-18(20)12-4-2/h6,8-11,13-15,17,21H,3-5,7,12,16H2,1-2H3. The van der Waals surface area contributed by atoms with E-state index in [1.807, 2.05) is 54.6 Å². The molecule has 3 heteroatoms. The van der Waals surface area contributed by atoms with Gasteiger partial charge in [-0.1, -0.05) is 81.6 Å². The second kappa shape index (κ2) is 10.5. The van der Waals surface area contributed by atoms with Crippen LogP contribution in [0.2, 0.25) is 0 Å². The van der Waals surface area contributed by atoms with Crippen LogP contribution in [-0.2, 0) is 11.2 Å². The monoisotopic (exact) mass is 340 g/mol. The van der Waals surface area contributed by atoms with Crippen molar-refractivity contribution in [2.75, 3.05) is 0 Å². The molecule has 0 bridgehead atoms. The molecule has 1 unspecified atom stereocenters. The Labute approximate surface area is 151 Å². The third-order valence-corrected chi connectivity index (χ3v) is 4.16. The number of para-hydroxylation sites is 1. The summed E-state index contributed by atoms with van der Waals surface area (Å²) in [5.74, 6) is 0.592. The average molecular weight is 340 g/mol. The molecule has 25 heavy (non-hydrogen) atoms. The predicted octanol–water partition coefficient (Wildman–Crippen LogP) is 6.48. The maximum Gasteiger partial charge on any atom is 0.514 e. The molecule has 2 aromatic carbocycles. The molecule has 0 saturated heterocycles. The molecule has 0 radical (unpaired) electrons. The highest BCUT2D eigenvalue weighted by atomic mass is 16.7. The van der Waals surface area contributed by atoms with E-state index in [2.05, 4.69) is 13.8 Å². The molecule has 3 nitrogen and oxygen atoms in total. The van der Waals surface area contributed by atoms with Crippen LogP contribution in [-0.4, -0.2) is 6.16 Å². The number of aryl methyl sites for hydroxylation is 1. The van der Waals surface area contributed by atoms with Crippen LogP contribution in [0.25, 0.3) is 0 Å². The van der Waals surface area contributed by atoms with Crippen LogP contribution in [0.15, 0.2) is 54.6 Å². The van der Waals surface area contributed by atoms with E-state index in [9.17, 15) is 4.79 Å². The SMILES string of the molecule is CCCCCC(OC(=O)Oc1ccccc1CCC)c1ccccc1. The third-order valence-electron chi connectivity index (χ3n) is 4.16. The van der Waals surface area contributed by atoms with Gasteiger partial charge in [-0.3, -0.25) is 0 Å². The molecular formula is C22H28O3. The Kier molecular flexibility index (Phi) is 8.03. The quantitative estimate of drug-likeness (QED) is 0.298. The summed E-state index contributed by atoms with van der Waals surface area (Å²) in [7, 11) is 0. The van der Waals surface area contributed by atoms with Gasteiger partial charge in [0.2, 0.25) is 0 Å². The van der Waals surface area contributed by atoms with Crippen molar-refractivity contribution < 1.29 is 14.3 Å². The molecule has 0 aliphatic carbocycles. The van der Waals surface area contributed by atoms with Crippen molar-refractivity contribution in [3.05, 3.63) is 65.7 Å². The molecule has 0 aliphatic rings. The van der Waals surface area contributed by atoms with Crippen molar-refractivity contribution in [3.63, 3.8) is 0 Å². The Balaban J connectivity index is 2.04. The van der Waals surface area contributed by atoms with E-state index >= 15 is 0 Å². The fraction of sp³-hybridized carbons (Fsp3) is 0.409. The number of hydrogen-bond acceptors (Lipinski definition) is 3. The molecule has 0 spiro atoms. The summed E-state index contributed by atoms with van der Waals surface area (Å²) in [6.45, 7) is 4.27. The zero-order chi connectivity index (χ0) is 17.9. The van der Waals surface area contributed by atoms with Gasteiger partial charge in [0, 0.05) is 0 Å². The normalized spacial score (nSPS) is 11.8. The van der Waals surface area contributed by atoms with Crippen LogP contribution < -0.4 is 4.74 Å². The first-order chi connectivity index (χ1) is 12.2. The van der Waals surface area contributed by atoms with Gasteiger partial charge in [-0.15, -0.1) is 0 Å². The van der Waals surface area contributed by atoms with Crippen molar-refractivity contribution in [1.82, 2.24) is 0 Å². The second-order valence-corrected chi connectivity index (χ2v) is 6.22. The Morgan fingerprint density at radius 3 is 2.36 bits per heavy atom. The van der Waals surface area contributed by atoms with Crippen LogP contribution in [0.4, 0.5) is 4.79 Å². The van der Waals surface area contributed by atoms with Gasteiger partial charge >= 0.3 is 6.16 Å². The minimum absolute atomic E-state index is 0.265. The van der Waals surface area contributed by atoms with Crippen LogP contribution in [0.3, 0.4) is 0 Å². The van der Waals surface area contributed by atoms with E-state index in [1.54, 1.807) is 0 Å². The molecule has 0 N–H and O–H groups in total. The lowest BCUT2D eigenvalue weighted by Crippen LogP contribution is -2.16. The summed E-state index contributed by atoms with van der Waals surface area (Å²) in [6, 6.07) is 17.5. The van der Waals surface area contributed by atoms with Crippen LogP contribution in [0, 0.1) is 0 Å². The van der Waals surface area contributed by atoms with Gasteiger partial charge in [-0.2, -0.15) is 0 Å². The highest BCUT2D eigenvalue weighted by molar-refractivity contribution is 5.65. The Bertz CT molecular complexity index is 637. The smallest absolute Gasteiger partial charge is 0.426 e. The van der Waals surface area contributed by atoms with Gasteiger partial charge in [0.1, 0.15) is 11.9 Å². The summed E-state index contributed by atoms with van der Waals surface area (Å²) in [5, 5.41) is 0. The molecule has 2 rings (SSSR count). The Morgan fingerprint density at radius 2 is 1.64 bits per heavy atom. The number of unbranched alkanes of at least 4 members (excludes halogenated alkanes) is 2. The number of carbonyl (C=O) groups excluding carboxylic acids is 1. The number of benzene rings is 2. The first kappa shape index (κ1) is 19.0. The van der Waals surface area contributed by atoms with Crippen molar-refractivity contribution in [1.29, 1.82) is 0 Å². The van der Waals surface area contributed by atoms with Gasteiger partial charge in [0.15, 0.2) is 0 Å². The lowest BCUT2D eigenvalue weighted by atomic mass is 10.0. The van der Waals surface area contributed by atoms with Gasteiger partial charge < -0.3 is 9.47 Å². The fourth-order valence-electron chi connectivity index (χ4n) is 2.85. The maximum absolute atomic E-state index is 12.3. The molecule has 0 fully saturated rings. The molecule has 134 valence electrons. The highest BCUT2D eigenvalue weighted by Gasteiger charge is 2.18. The summed E-state index contributed by atoms with van der Waals surface area (Å²) in [4.78, 5) is 12.3. The molecule has 2 aromatic rings. The number of ether oxygens (including phenoxy) is 2. The zero-order valence-corrected chi connectivity index (χ0v) is 15.2. The largest absolute Gasteiger partial charge is 0.514 e. The van der Waals surface area contributed by atoms with Crippen molar-refractivity contribution in [3.8, 4) is 5.75 Å². The zero-order valence-electron chi connectivity index (χ0n) is 15.2. The van der Waals surface area contributed by atoms with Crippen LogP contribution in [0.1, 0.15) is 63.2 Å². The summed E-state index contributed by atoms with van der Waals surface area (Å²) < 4.78 is 11.2. The van der Waals surface area contributed by atoms with E-state index in [4.69, 9.17) is 9.47 Å². The highest BCUT2D eigenvalue weighted by Crippen LogP contribution is 2.26. The van der Waals surface area contributed by atoms with Gasteiger partial charge in [0.05, 0.1) is 0 Å². The van der Waals surface area contributed by atoms with Crippen LogP contribution >= 0.6 is 0 Å². The third kappa shape index (κ3) is 6.26. The van der Waals surface area contributed by atoms with E-state index in [-0.39, 0.29) is 6.10 Å². The molecular weight excluding hydrogens is 312 g/mol. The predicted molar refractivity (Wildman–Crippen MR) is 101 cm³/mol. The van der Waals surface area contributed by atoms with Crippen LogP contribution in [0.5, 0.6) is 5.75 Å². The topological polar surface area (TPSA) is 35.5 Å². The van der Waals surface area contributed by atoms with E-state index in [0.29, 0.717) is 5.75 Å². The molecule has 0 aliphatic heterocycles. The first-order valence-electron chi connectivity index (χ1n) is 9.25. The minimum atomic E-state index is -0.631. The van der Waals surface area contributed by atoms with E-state index in [0.717, 1.165) is 49.7 Å². The lowest BCUT2D eigenvalue weighted by molar-refractivity contribution is 0.0526. The minimum Gasteiger partial charge on any atom is -0.426 e. The van der Waals surface area contributed by atoms with Gasteiger partial charge in [-0.25, -0.2) is 4.79 Å². The first-order valence-corrected chi connectivity index (χ1v) is 9.25. The Hall–Kier alpha value is -2.29. The van der Waals surface area contributed by atoms with E-state index < -0.39 is 6.16 Å². The molecule has 1 atom stereocenters. The molecule has 0 amide bonds. The van der Waals surface area contributed by atoms with Crippen molar-refractivity contribution in [2.45, 2.75) is 58.5 Å². The molecule has 0 heterocycles. The summed E-state index contributed by atoms with van der Waals surface area (Å²) in [5.41, 5.74) is 2.04. The number of rotatable bonds is 9. The summed E-state index contributed by atoms with van der Waals surface area (Å²) in [6.07, 6.45) is 5.07. The van der Waals surface area contributed by atoms with Gasteiger partial charge in [0.25, 0.3) is 0 Å². The van der Waals surface area contributed by atoms with E-state index in [1.165, 1.54) is 0 Å². The lowest BCUT2D eigenvalue weighted by Gasteiger charge is -2.18. The molecule has 0 saturated carbocycles. The number of carbonyl (C=O) groups is 1. The van der Waals surface area contributed by atoms with Crippen molar-refractivity contribution >= 4 is 6.16 Å². The fourth-order valence-corrected chi connectivity index (χ4v) is 2.85. The Morgan fingerprint density at radius 1 is 0.920 bits per heavy atom. The van der Waals surface area contributed by atoms with Gasteiger partial charge in [-0.05, 0) is 36.5 Å². The molecule has 0 aromatic heterocycles. The summed E-state index contributed by atoms with van der Waals surface area (Å²) >= 11 is 0. The maximum atomic E-state index is 12.3. The van der Waals surface area contributed by atoms with Crippen molar-refractivity contribution in [2.24, 2.45) is 0 Å².